The number of nitrogens with zero attached hydrogens (tertiary/aromatic N) is 1. The molecule has 0 atom stereocenters. The lowest BCUT2D eigenvalue weighted by Gasteiger charge is -2.28. The van der Waals surface area contributed by atoms with Crippen molar-refractivity contribution in [3.05, 3.63) is 48.2 Å². The third-order valence-electron chi connectivity index (χ3n) is 4.36. The molecule has 3 heteroatoms. The SMILES string of the molecule is C=C(N)C(/C=C\COC)=C\C.C=C1CC12CCN(C)CC2.CC.CC. The molecule has 0 unspecified atom stereocenters. The van der Waals surface area contributed by atoms with Crippen LogP contribution in [0.1, 0.15) is 53.9 Å². The molecule has 1 aliphatic heterocycles. The van der Waals surface area contributed by atoms with Gasteiger partial charge in [0.25, 0.3) is 0 Å². The lowest BCUT2D eigenvalue weighted by Crippen LogP contribution is -2.31. The fourth-order valence-electron chi connectivity index (χ4n) is 2.60. The summed E-state index contributed by atoms with van der Waals surface area (Å²) in [4.78, 5) is 2.41. The highest BCUT2D eigenvalue weighted by Gasteiger charge is 2.47. The van der Waals surface area contributed by atoms with Gasteiger partial charge in [0.15, 0.2) is 0 Å². The van der Waals surface area contributed by atoms with Crippen molar-refractivity contribution in [2.45, 2.75) is 53.9 Å². The minimum atomic E-state index is 0.583. The molecule has 0 aromatic rings. The van der Waals surface area contributed by atoms with E-state index in [1.165, 1.54) is 37.9 Å². The van der Waals surface area contributed by atoms with Crippen molar-refractivity contribution in [2.24, 2.45) is 11.1 Å². The Morgan fingerprint density at radius 1 is 1.24 bits per heavy atom. The molecule has 3 nitrogen and oxygen atoms in total. The number of methoxy groups -OCH3 is 1. The van der Waals surface area contributed by atoms with Crippen LogP contribution in [-0.4, -0.2) is 38.8 Å². The molecule has 1 heterocycles. The Morgan fingerprint density at radius 2 is 1.72 bits per heavy atom. The number of hydrogen-bond acceptors (Lipinski definition) is 3. The van der Waals surface area contributed by atoms with Gasteiger partial charge in [-0.25, -0.2) is 0 Å². The van der Waals surface area contributed by atoms with Gasteiger partial charge >= 0.3 is 0 Å². The number of nitrogens with two attached hydrogens (primary N) is 1. The number of rotatable bonds is 4. The first-order valence-corrected chi connectivity index (χ1v) is 9.58. The third-order valence-corrected chi connectivity index (χ3v) is 4.36. The molecule has 1 aliphatic carbocycles. The van der Waals surface area contributed by atoms with Crippen molar-refractivity contribution in [1.82, 2.24) is 4.90 Å². The van der Waals surface area contributed by atoms with Gasteiger partial charge in [0.05, 0.1) is 6.61 Å². The maximum absolute atomic E-state index is 5.47. The molecular weight excluding hydrogens is 308 g/mol. The number of allylic oxidation sites excluding steroid dienone is 3. The molecule has 2 aliphatic rings. The molecule has 0 radical (unpaired) electrons. The van der Waals surface area contributed by atoms with Crippen LogP contribution in [0, 0.1) is 5.41 Å². The molecule has 0 aromatic carbocycles. The Bertz CT molecular complexity index is 427. The molecule has 25 heavy (non-hydrogen) atoms. The van der Waals surface area contributed by atoms with Crippen LogP contribution in [0.3, 0.4) is 0 Å². The van der Waals surface area contributed by atoms with Gasteiger partial charge in [0.1, 0.15) is 0 Å². The summed E-state index contributed by atoms with van der Waals surface area (Å²) in [7, 11) is 3.86. The Kier molecular flexibility index (Phi) is 15.5. The molecule has 1 saturated heterocycles. The highest BCUT2D eigenvalue weighted by molar-refractivity contribution is 5.35. The van der Waals surface area contributed by atoms with Gasteiger partial charge in [-0.2, -0.15) is 0 Å². The first-order chi connectivity index (χ1) is 11.9. The largest absolute Gasteiger partial charge is 0.399 e. The second kappa shape index (κ2) is 15.0. The van der Waals surface area contributed by atoms with Crippen LogP contribution in [0.15, 0.2) is 48.2 Å². The van der Waals surface area contributed by atoms with Crippen LogP contribution in [-0.2, 0) is 4.74 Å². The zero-order valence-electron chi connectivity index (χ0n) is 17.8. The van der Waals surface area contributed by atoms with E-state index in [0.29, 0.717) is 17.7 Å². The summed E-state index contributed by atoms with van der Waals surface area (Å²) in [5, 5.41) is 0. The van der Waals surface area contributed by atoms with Crippen molar-refractivity contribution in [2.75, 3.05) is 33.9 Å². The average Bonchev–Trinajstić information content (AvgIpc) is 3.27. The van der Waals surface area contributed by atoms with Crippen LogP contribution >= 0.6 is 0 Å². The highest BCUT2D eigenvalue weighted by atomic mass is 16.5. The van der Waals surface area contributed by atoms with E-state index in [9.17, 15) is 0 Å². The van der Waals surface area contributed by atoms with E-state index in [1.807, 2.05) is 52.8 Å². The molecular formula is C22H42N2O. The molecule has 2 fully saturated rings. The second-order valence-electron chi connectivity index (χ2n) is 5.99. The van der Waals surface area contributed by atoms with Crippen molar-refractivity contribution in [1.29, 1.82) is 0 Å². The molecule has 0 bridgehead atoms. The number of piperidine rings is 1. The fraction of sp³-hybridized carbons (Fsp3) is 0.636. The van der Waals surface area contributed by atoms with Gasteiger partial charge in [0.2, 0.25) is 0 Å². The smallest absolute Gasteiger partial charge is 0.0646 e. The lowest BCUT2D eigenvalue weighted by molar-refractivity contribution is 0.214. The summed E-state index contributed by atoms with van der Waals surface area (Å²) >= 11 is 0. The minimum Gasteiger partial charge on any atom is -0.399 e. The number of likely N-dealkylation sites (tertiary alicyclic amines) is 1. The summed E-state index contributed by atoms with van der Waals surface area (Å²) in [6.45, 7) is 20.7. The van der Waals surface area contributed by atoms with E-state index in [4.69, 9.17) is 10.5 Å². The summed E-state index contributed by atoms with van der Waals surface area (Å²) in [6, 6.07) is 0. The van der Waals surface area contributed by atoms with Crippen LogP contribution in [0.4, 0.5) is 0 Å². The number of hydrogen-bond donors (Lipinski definition) is 1. The van der Waals surface area contributed by atoms with Crippen LogP contribution in [0.5, 0.6) is 0 Å². The summed E-state index contributed by atoms with van der Waals surface area (Å²) in [5.41, 5.74) is 9.15. The molecule has 1 saturated carbocycles. The van der Waals surface area contributed by atoms with E-state index in [2.05, 4.69) is 25.1 Å². The molecule has 146 valence electrons. The Labute approximate surface area is 157 Å². The second-order valence-corrected chi connectivity index (χ2v) is 5.99. The Morgan fingerprint density at radius 3 is 2.04 bits per heavy atom. The van der Waals surface area contributed by atoms with Crippen LogP contribution in [0.2, 0.25) is 0 Å². The van der Waals surface area contributed by atoms with E-state index < -0.39 is 0 Å². The van der Waals surface area contributed by atoms with Crippen molar-refractivity contribution in [3.63, 3.8) is 0 Å². The summed E-state index contributed by atoms with van der Waals surface area (Å²) in [6.07, 6.45) is 9.75. The van der Waals surface area contributed by atoms with Crippen LogP contribution < -0.4 is 5.73 Å². The van der Waals surface area contributed by atoms with Crippen molar-refractivity contribution < 1.29 is 4.74 Å². The van der Waals surface area contributed by atoms with Crippen molar-refractivity contribution >= 4 is 0 Å². The Balaban J connectivity index is 0. The monoisotopic (exact) mass is 350 g/mol. The van der Waals surface area contributed by atoms with E-state index in [1.54, 1.807) is 7.11 Å². The maximum Gasteiger partial charge on any atom is 0.0646 e. The third kappa shape index (κ3) is 10.3. The molecule has 2 rings (SSSR count). The normalized spacial score (nSPS) is 18.4. The molecule has 2 N–H and O–H groups in total. The zero-order chi connectivity index (χ0) is 19.9. The van der Waals surface area contributed by atoms with Gasteiger partial charge in [-0.15, -0.1) is 0 Å². The first-order valence-electron chi connectivity index (χ1n) is 9.58. The van der Waals surface area contributed by atoms with Gasteiger partial charge in [0, 0.05) is 12.8 Å². The number of ether oxygens (including phenoxy) is 1. The van der Waals surface area contributed by atoms with Gasteiger partial charge < -0.3 is 15.4 Å². The predicted octanol–water partition coefficient (Wildman–Crippen LogP) is 5.32. The standard InChI is InChI=1S/C9H15NO.C9H15N.2C2H6/c1-4-9(8(2)10)6-5-7-11-3;1-8-7-9(8)3-5-10(2)6-4-9;2*1-2/h4-6H,2,7,10H2,1,3H3;1,3-7H2,2H3;2*1-2H3/b6-5-,9-4-;;;. The van der Waals surface area contributed by atoms with E-state index in [-0.39, 0.29) is 0 Å². The molecule has 0 aromatic heterocycles. The first kappa shape index (κ1) is 25.9. The molecule has 1 spiro atoms. The highest BCUT2D eigenvalue weighted by Crippen LogP contribution is 2.57. The van der Waals surface area contributed by atoms with Crippen LogP contribution in [0.25, 0.3) is 0 Å². The molecule has 0 amide bonds. The quantitative estimate of drug-likeness (QED) is 0.551. The van der Waals surface area contributed by atoms with Gasteiger partial charge in [-0.05, 0) is 57.3 Å². The lowest BCUT2D eigenvalue weighted by atomic mass is 9.93. The maximum atomic E-state index is 5.47. The van der Waals surface area contributed by atoms with Gasteiger partial charge in [-0.3, -0.25) is 0 Å². The zero-order valence-corrected chi connectivity index (χ0v) is 17.8. The van der Waals surface area contributed by atoms with E-state index in [0.717, 1.165) is 5.57 Å². The minimum absolute atomic E-state index is 0.583. The van der Waals surface area contributed by atoms with Crippen molar-refractivity contribution in [3.8, 4) is 0 Å². The topological polar surface area (TPSA) is 38.5 Å². The Hall–Kier alpha value is -1.32. The summed E-state index contributed by atoms with van der Waals surface area (Å²) < 4.78 is 4.83. The fourth-order valence-corrected chi connectivity index (χ4v) is 2.60. The van der Waals surface area contributed by atoms with E-state index >= 15 is 0 Å². The average molecular weight is 351 g/mol. The van der Waals surface area contributed by atoms with Gasteiger partial charge in [-0.1, -0.05) is 64.7 Å². The summed E-state index contributed by atoms with van der Waals surface area (Å²) in [5.74, 6) is 0. The predicted molar refractivity (Wildman–Crippen MR) is 114 cm³/mol.